The predicted molar refractivity (Wildman–Crippen MR) is 82.4 cm³/mol. The number of nitro groups is 1. The lowest BCUT2D eigenvalue weighted by molar-refractivity contribution is -0.385. The SMILES string of the molecule is COc1ccc(C(=O)NC2CCN(C(C)=O)CC2)cc1[N+](=O)[O-]. The van der Waals surface area contributed by atoms with Crippen LogP contribution in [0.2, 0.25) is 0 Å². The second-order valence-corrected chi connectivity index (χ2v) is 5.40. The molecule has 1 aromatic rings. The van der Waals surface area contributed by atoms with Gasteiger partial charge >= 0.3 is 5.69 Å². The van der Waals surface area contributed by atoms with Gasteiger partial charge in [-0.2, -0.15) is 0 Å². The molecule has 8 nitrogen and oxygen atoms in total. The van der Waals surface area contributed by atoms with E-state index in [1.807, 2.05) is 0 Å². The second-order valence-electron chi connectivity index (χ2n) is 5.40. The van der Waals surface area contributed by atoms with Crippen molar-refractivity contribution in [2.24, 2.45) is 0 Å². The number of piperidine rings is 1. The van der Waals surface area contributed by atoms with Crippen molar-refractivity contribution in [1.82, 2.24) is 10.2 Å². The monoisotopic (exact) mass is 321 g/mol. The number of ether oxygens (including phenoxy) is 1. The van der Waals surface area contributed by atoms with E-state index in [-0.39, 0.29) is 34.9 Å². The summed E-state index contributed by atoms with van der Waals surface area (Å²) >= 11 is 0. The normalized spacial score (nSPS) is 15.1. The maximum atomic E-state index is 12.2. The van der Waals surface area contributed by atoms with Crippen LogP contribution >= 0.6 is 0 Å². The fourth-order valence-electron chi connectivity index (χ4n) is 2.58. The molecule has 1 N–H and O–H groups in total. The van der Waals surface area contributed by atoms with Gasteiger partial charge < -0.3 is 15.0 Å². The number of nitrogens with one attached hydrogen (secondary N) is 1. The van der Waals surface area contributed by atoms with E-state index < -0.39 is 4.92 Å². The number of nitro benzene ring substituents is 1. The Morgan fingerprint density at radius 2 is 2.00 bits per heavy atom. The van der Waals surface area contributed by atoms with Crippen LogP contribution < -0.4 is 10.1 Å². The molecular weight excluding hydrogens is 302 g/mol. The van der Waals surface area contributed by atoms with Crippen LogP contribution in [-0.4, -0.2) is 47.9 Å². The van der Waals surface area contributed by atoms with Crippen molar-refractivity contribution in [3.63, 3.8) is 0 Å². The van der Waals surface area contributed by atoms with Crippen LogP contribution in [0.25, 0.3) is 0 Å². The molecule has 1 fully saturated rings. The first-order valence-electron chi connectivity index (χ1n) is 7.31. The number of amides is 2. The zero-order valence-corrected chi connectivity index (χ0v) is 13.1. The van der Waals surface area contributed by atoms with Gasteiger partial charge in [0.2, 0.25) is 5.91 Å². The van der Waals surface area contributed by atoms with Crippen molar-refractivity contribution in [3.8, 4) is 5.75 Å². The van der Waals surface area contributed by atoms with Crippen LogP contribution in [0.5, 0.6) is 5.75 Å². The van der Waals surface area contributed by atoms with Gasteiger partial charge in [-0.05, 0) is 25.0 Å². The summed E-state index contributed by atoms with van der Waals surface area (Å²) in [6, 6.07) is 4.06. The van der Waals surface area contributed by atoms with Crippen molar-refractivity contribution in [3.05, 3.63) is 33.9 Å². The zero-order chi connectivity index (χ0) is 17.0. The van der Waals surface area contributed by atoms with Gasteiger partial charge in [0.15, 0.2) is 5.75 Å². The third-order valence-electron chi connectivity index (χ3n) is 3.91. The summed E-state index contributed by atoms with van der Waals surface area (Å²) < 4.78 is 4.91. The summed E-state index contributed by atoms with van der Waals surface area (Å²) in [5, 5.41) is 13.9. The Bertz CT molecular complexity index is 624. The van der Waals surface area contributed by atoms with Crippen molar-refractivity contribution in [2.75, 3.05) is 20.2 Å². The Kier molecular flexibility index (Phi) is 5.15. The van der Waals surface area contributed by atoms with E-state index in [0.717, 1.165) is 0 Å². The molecule has 1 heterocycles. The van der Waals surface area contributed by atoms with E-state index in [1.54, 1.807) is 4.90 Å². The second kappa shape index (κ2) is 7.08. The van der Waals surface area contributed by atoms with Crippen molar-refractivity contribution in [1.29, 1.82) is 0 Å². The van der Waals surface area contributed by atoms with Crippen molar-refractivity contribution < 1.29 is 19.2 Å². The minimum atomic E-state index is -0.582. The molecule has 124 valence electrons. The number of rotatable bonds is 4. The molecule has 0 spiro atoms. The Morgan fingerprint density at radius 1 is 1.35 bits per heavy atom. The third kappa shape index (κ3) is 3.97. The topological polar surface area (TPSA) is 102 Å². The lowest BCUT2D eigenvalue weighted by atomic mass is 10.0. The molecule has 0 saturated carbocycles. The highest BCUT2D eigenvalue weighted by atomic mass is 16.6. The highest BCUT2D eigenvalue weighted by Gasteiger charge is 2.24. The quantitative estimate of drug-likeness (QED) is 0.666. The van der Waals surface area contributed by atoms with Crippen LogP contribution in [0.3, 0.4) is 0 Å². The maximum absolute atomic E-state index is 12.2. The molecule has 1 saturated heterocycles. The first-order valence-corrected chi connectivity index (χ1v) is 7.31. The lowest BCUT2D eigenvalue weighted by Gasteiger charge is -2.31. The molecule has 2 amide bonds. The number of likely N-dealkylation sites (tertiary alicyclic amines) is 1. The number of hydrogen-bond donors (Lipinski definition) is 1. The van der Waals surface area contributed by atoms with Crippen LogP contribution in [0, 0.1) is 10.1 Å². The van der Waals surface area contributed by atoms with Gasteiger partial charge in [-0.15, -0.1) is 0 Å². The van der Waals surface area contributed by atoms with Gasteiger partial charge in [0, 0.05) is 37.7 Å². The summed E-state index contributed by atoms with van der Waals surface area (Å²) in [5.74, 6) is -0.223. The minimum absolute atomic E-state index is 0.0283. The molecule has 0 bridgehead atoms. The fraction of sp³-hybridized carbons (Fsp3) is 0.467. The minimum Gasteiger partial charge on any atom is -0.490 e. The van der Waals surface area contributed by atoms with E-state index in [2.05, 4.69) is 5.32 Å². The first-order chi connectivity index (χ1) is 10.9. The summed E-state index contributed by atoms with van der Waals surface area (Å²) in [4.78, 5) is 35.7. The van der Waals surface area contributed by atoms with Crippen LogP contribution in [-0.2, 0) is 4.79 Å². The molecule has 0 atom stereocenters. The Hall–Kier alpha value is -2.64. The molecule has 1 aliphatic rings. The first kappa shape index (κ1) is 16.7. The summed E-state index contributed by atoms with van der Waals surface area (Å²) in [5.41, 5.74) is -0.0296. The Balaban J connectivity index is 2.03. The molecule has 0 aromatic heterocycles. The summed E-state index contributed by atoms with van der Waals surface area (Å²) in [6.07, 6.45) is 1.34. The third-order valence-corrected chi connectivity index (χ3v) is 3.91. The predicted octanol–water partition coefficient (Wildman–Crippen LogP) is 1.34. The zero-order valence-electron chi connectivity index (χ0n) is 13.1. The Labute approximate surface area is 133 Å². The summed E-state index contributed by atoms with van der Waals surface area (Å²) in [6.45, 7) is 2.72. The highest BCUT2D eigenvalue weighted by Crippen LogP contribution is 2.27. The molecular formula is C15H19N3O5. The van der Waals surface area contributed by atoms with E-state index in [4.69, 9.17) is 4.74 Å². The van der Waals surface area contributed by atoms with E-state index in [1.165, 1.54) is 32.2 Å². The molecule has 8 heteroatoms. The Morgan fingerprint density at radius 3 is 2.52 bits per heavy atom. The molecule has 23 heavy (non-hydrogen) atoms. The van der Waals surface area contributed by atoms with Gasteiger partial charge in [-0.1, -0.05) is 0 Å². The average molecular weight is 321 g/mol. The van der Waals surface area contributed by atoms with Crippen LogP contribution in [0.4, 0.5) is 5.69 Å². The van der Waals surface area contributed by atoms with Gasteiger partial charge in [-0.3, -0.25) is 19.7 Å². The molecule has 2 rings (SSSR count). The largest absolute Gasteiger partial charge is 0.490 e. The van der Waals surface area contributed by atoms with E-state index in [9.17, 15) is 19.7 Å². The van der Waals surface area contributed by atoms with Crippen LogP contribution in [0.15, 0.2) is 18.2 Å². The lowest BCUT2D eigenvalue weighted by Crippen LogP contribution is -2.46. The van der Waals surface area contributed by atoms with Crippen molar-refractivity contribution >= 4 is 17.5 Å². The van der Waals surface area contributed by atoms with Gasteiger partial charge in [0.05, 0.1) is 12.0 Å². The average Bonchev–Trinajstić information content (AvgIpc) is 2.54. The van der Waals surface area contributed by atoms with Crippen LogP contribution in [0.1, 0.15) is 30.1 Å². The van der Waals surface area contributed by atoms with Crippen molar-refractivity contribution in [2.45, 2.75) is 25.8 Å². The van der Waals surface area contributed by atoms with E-state index >= 15 is 0 Å². The number of methoxy groups -OCH3 is 1. The number of carbonyl (C=O) groups excluding carboxylic acids is 2. The fourth-order valence-corrected chi connectivity index (χ4v) is 2.58. The number of benzene rings is 1. The summed E-state index contributed by atoms with van der Waals surface area (Å²) in [7, 11) is 1.34. The molecule has 1 aliphatic heterocycles. The number of nitrogens with zero attached hydrogens (tertiary/aromatic N) is 2. The number of carbonyl (C=O) groups is 2. The molecule has 1 aromatic carbocycles. The van der Waals surface area contributed by atoms with Gasteiger partial charge in [-0.25, -0.2) is 0 Å². The van der Waals surface area contributed by atoms with Gasteiger partial charge in [0.1, 0.15) is 0 Å². The molecule has 0 radical (unpaired) electrons. The highest BCUT2D eigenvalue weighted by molar-refractivity contribution is 5.95. The maximum Gasteiger partial charge on any atom is 0.311 e. The van der Waals surface area contributed by atoms with E-state index in [0.29, 0.717) is 25.9 Å². The standard InChI is InChI=1S/C15H19N3O5/c1-10(19)17-7-5-12(6-8-17)16-15(20)11-3-4-14(23-2)13(9-11)18(21)22/h3-4,9,12H,5-8H2,1-2H3,(H,16,20). The van der Waals surface area contributed by atoms with Gasteiger partial charge in [0.25, 0.3) is 5.91 Å². The number of hydrogen-bond acceptors (Lipinski definition) is 5. The smallest absolute Gasteiger partial charge is 0.311 e. The molecule has 0 unspecified atom stereocenters. The molecule has 0 aliphatic carbocycles.